The third kappa shape index (κ3) is 1.41. The first-order valence-electron chi connectivity index (χ1n) is 5.56. The fraction of sp³-hybridized carbons (Fsp3) is 0. The van der Waals surface area contributed by atoms with Gasteiger partial charge in [-0.2, -0.15) is 9.61 Å². The smallest absolute Gasteiger partial charge is 0.190 e. The summed E-state index contributed by atoms with van der Waals surface area (Å²) in [6.45, 7) is 0. The number of benzene rings is 2. The minimum absolute atomic E-state index is 0.818. The summed E-state index contributed by atoms with van der Waals surface area (Å²) < 4.78 is 1.70. The zero-order valence-corrected chi connectivity index (χ0v) is 10.1. The zero-order valence-electron chi connectivity index (χ0n) is 9.32. The van der Waals surface area contributed by atoms with Gasteiger partial charge in [0.1, 0.15) is 11.3 Å². The Morgan fingerprint density at radius 1 is 1.00 bits per heavy atom. The Morgan fingerprint density at radius 3 is 2.78 bits per heavy atom. The van der Waals surface area contributed by atoms with Crippen molar-refractivity contribution in [3.63, 3.8) is 0 Å². The summed E-state index contributed by atoms with van der Waals surface area (Å²) >= 11 is 1.54. The molecule has 0 unspecified atom stereocenters. The van der Waals surface area contributed by atoms with Gasteiger partial charge in [0.05, 0.1) is 0 Å². The largest absolute Gasteiger partial charge is 0.234 e. The number of hydrogen-bond acceptors (Lipinski definition) is 4. The lowest BCUT2D eigenvalue weighted by molar-refractivity contribution is 0.960. The van der Waals surface area contributed by atoms with Gasteiger partial charge in [0.25, 0.3) is 0 Å². The van der Waals surface area contributed by atoms with E-state index < -0.39 is 0 Å². The third-order valence-corrected chi connectivity index (χ3v) is 3.85. The van der Waals surface area contributed by atoms with E-state index >= 15 is 0 Å². The molecule has 0 aliphatic carbocycles. The lowest BCUT2D eigenvalue weighted by atomic mass is 10.1. The summed E-state index contributed by atoms with van der Waals surface area (Å²) in [5.74, 6) is 0. The molecule has 0 saturated carbocycles. The number of hydrogen-bond donors (Lipinski definition) is 0. The zero-order chi connectivity index (χ0) is 11.9. The second-order valence-corrected chi connectivity index (χ2v) is 4.98. The van der Waals surface area contributed by atoms with Gasteiger partial charge in [-0.3, -0.25) is 0 Å². The van der Waals surface area contributed by atoms with E-state index in [4.69, 9.17) is 0 Å². The quantitative estimate of drug-likeness (QED) is 0.523. The highest BCUT2D eigenvalue weighted by molar-refractivity contribution is 7.19. The van der Waals surface area contributed by atoms with E-state index in [0.29, 0.717) is 0 Å². The molecule has 0 saturated heterocycles. The average Bonchev–Trinajstić information content (AvgIpc) is 2.99. The van der Waals surface area contributed by atoms with E-state index in [2.05, 4.69) is 45.6 Å². The van der Waals surface area contributed by atoms with Crippen molar-refractivity contribution in [1.82, 2.24) is 19.8 Å². The first-order chi connectivity index (χ1) is 8.90. The molecular weight excluding hydrogens is 244 g/mol. The van der Waals surface area contributed by atoms with Crippen LogP contribution in [0.15, 0.2) is 48.8 Å². The molecule has 4 nitrogen and oxygen atoms in total. The molecule has 2 aromatic heterocycles. The highest BCUT2D eigenvalue weighted by Crippen LogP contribution is 2.27. The van der Waals surface area contributed by atoms with E-state index in [1.54, 1.807) is 22.2 Å². The summed E-state index contributed by atoms with van der Waals surface area (Å²) in [6, 6.07) is 14.7. The van der Waals surface area contributed by atoms with Crippen LogP contribution in [0.5, 0.6) is 0 Å². The van der Waals surface area contributed by atoms with E-state index in [1.807, 2.05) is 12.1 Å². The van der Waals surface area contributed by atoms with Gasteiger partial charge in [-0.05, 0) is 16.8 Å². The van der Waals surface area contributed by atoms with Gasteiger partial charge in [-0.1, -0.05) is 47.7 Å². The molecule has 0 spiro atoms. The molecule has 86 valence electrons. The first-order valence-corrected chi connectivity index (χ1v) is 6.38. The standard InChI is InChI=1S/C13H8N4S/c1-2-4-10-7-11(6-5-9(10)3-1)12-16-17-8-14-15-13(17)18-12/h1-8H. The monoisotopic (exact) mass is 252 g/mol. The summed E-state index contributed by atoms with van der Waals surface area (Å²) in [7, 11) is 0. The average molecular weight is 252 g/mol. The Kier molecular flexibility index (Phi) is 1.95. The second kappa shape index (κ2) is 3.61. The van der Waals surface area contributed by atoms with Crippen LogP contribution in [0.25, 0.3) is 26.3 Å². The molecule has 0 aliphatic rings. The molecule has 0 amide bonds. The van der Waals surface area contributed by atoms with Gasteiger partial charge >= 0.3 is 0 Å². The van der Waals surface area contributed by atoms with Gasteiger partial charge < -0.3 is 0 Å². The molecule has 0 N–H and O–H groups in total. The Balaban J connectivity index is 1.93. The minimum Gasteiger partial charge on any atom is -0.190 e. The van der Waals surface area contributed by atoms with Crippen molar-refractivity contribution in [2.45, 2.75) is 0 Å². The van der Waals surface area contributed by atoms with E-state index in [9.17, 15) is 0 Å². The van der Waals surface area contributed by atoms with Crippen LogP contribution < -0.4 is 0 Å². The fourth-order valence-corrected chi connectivity index (χ4v) is 2.81. The molecule has 2 aromatic carbocycles. The van der Waals surface area contributed by atoms with Crippen molar-refractivity contribution in [3.05, 3.63) is 48.8 Å². The Morgan fingerprint density at radius 2 is 1.89 bits per heavy atom. The lowest BCUT2D eigenvalue weighted by Gasteiger charge is -1.99. The van der Waals surface area contributed by atoms with Crippen LogP contribution in [0.3, 0.4) is 0 Å². The molecule has 0 atom stereocenters. The number of nitrogens with zero attached hydrogens (tertiary/aromatic N) is 4. The summed E-state index contributed by atoms with van der Waals surface area (Å²) in [5, 5.41) is 15.7. The van der Waals surface area contributed by atoms with Crippen LogP contribution in [-0.4, -0.2) is 19.8 Å². The van der Waals surface area contributed by atoms with Crippen LogP contribution in [0, 0.1) is 0 Å². The first kappa shape index (κ1) is 9.73. The Bertz CT molecular complexity index is 818. The maximum absolute atomic E-state index is 4.46. The van der Waals surface area contributed by atoms with Crippen LogP contribution in [0.4, 0.5) is 0 Å². The van der Waals surface area contributed by atoms with Crippen LogP contribution >= 0.6 is 11.3 Å². The number of fused-ring (bicyclic) bond motifs is 2. The van der Waals surface area contributed by atoms with Gasteiger partial charge in [0.15, 0.2) is 0 Å². The van der Waals surface area contributed by atoms with Gasteiger partial charge in [0, 0.05) is 5.56 Å². The van der Waals surface area contributed by atoms with E-state index in [0.717, 1.165) is 15.5 Å². The predicted molar refractivity (Wildman–Crippen MR) is 71.6 cm³/mol. The number of aromatic nitrogens is 4. The normalized spacial score (nSPS) is 11.3. The maximum Gasteiger partial charge on any atom is 0.234 e. The van der Waals surface area contributed by atoms with E-state index in [1.165, 1.54) is 10.8 Å². The molecule has 4 aromatic rings. The SMILES string of the molecule is c1ccc2cc(-c3nn4cnnc4s3)ccc2c1. The van der Waals surface area contributed by atoms with Gasteiger partial charge in [-0.15, -0.1) is 10.2 Å². The second-order valence-electron chi connectivity index (χ2n) is 4.03. The van der Waals surface area contributed by atoms with Crippen molar-refractivity contribution < 1.29 is 0 Å². The Labute approximate surface area is 107 Å². The third-order valence-electron chi connectivity index (χ3n) is 2.88. The highest BCUT2D eigenvalue weighted by atomic mass is 32.1. The molecule has 0 bridgehead atoms. The molecule has 0 aliphatic heterocycles. The lowest BCUT2D eigenvalue weighted by Crippen LogP contribution is -1.82. The topological polar surface area (TPSA) is 43.1 Å². The van der Waals surface area contributed by atoms with Gasteiger partial charge in [-0.25, -0.2) is 0 Å². The van der Waals surface area contributed by atoms with Crippen LogP contribution in [-0.2, 0) is 0 Å². The summed E-state index contributed by atoms with van der Waals surface area (Å²) in [4.78, 5) is 0.818. The molecule has 18 heavy (non-hydrogen) atoms. The fourth-order valence-electron chi connectivity index (χ4n) is 2.00. The van der Waals surface area contributed by atoms with Crippen molar-refractivity contribution in [2.75, 3.05) is 0 Å². The van der Waals surface area contributed by atoms with Gasteiger partial charge in [0.2, 0.25) is 4.96 Å². The van der Waals surface area contributed by atoms with Crippen LogP contribution in [0.2, 0.25) is 0 Å². The minimum atomic E-state index is 0.818. The van der Waals surface area contributed by atoms with Crippen molar-refractivity contribution in [1.29, 1.82) is 0 Å². The molecule has 5 heteroatoms. The molecule has 0 radical (unpaired) electrons. The summed E-state index contributed by atoms with van der Waals surface area (Å²) in [5.41, 5.74) is 1.12. The molecule has 0 fully saturated rings. The molecule has 2 heterocycles. The molecule has 4 rings (SSSR count). The summed E-state index contributed by atoms with van der Waals surface area (Å²) in [6.07, 6.45) is 1.62. The van der Waals surface area contributed by atoms with Crippen molar-refractivity contribution in [3.8, 4) is 10.6 Å². The van der Waals surface area contributed by atoms with Crippen LogP contribution in [0.1, 0.15) is 0 Å². The van der Waals surface area contributed by atoms with Crippen molar-refractivity contribution in [2.24, 2.45) is 0 Å². The predicted octanol–water partition coefficient (Wildman–Crippen LogP) is 3.01. The number of rotatable bonds is 1. The molecular formula is C13H8N4S. The highest BCUT2D eigenvalue weighted by Gasteiger charge is 2.07. The van der Waals surface area contributed by atoms with Crippen molar-refractivity contribution >= 4 is 27.1 Å². The maximum atomic E-state index is 4.46. The van der Waals surface area contributed by atoms with E-state index in [-0.39, 0.29) is 0 Å². The Hall–Kier alpha value is -2.27.